The van der Waals surface area contributed by atoms with Gasteiger partial charge in [-0.15, -0.1) is 0 Å². The Balaban J connectivity index is 1.66. The molecule has 2 heterocycles. The second-order valence-electron chi connectivity index (χ2n) is 8.83. The van der Waals surface area contributed by atoms with Crippen LogP contribution in [0.1, 0.15) is 23.6 Å². The summed E-state index contributed by atoms with van der Waals surface area (Å²) >= 11 is 0. The molecule has 8 heteroatoms. The van der Waals surface area contributed by atoms with Gasteiger partial charge in [0.25, 0.3) is 0 Å². The third-order valence-electron chi connectivity index (χ3n) is 6.35. The fourth-order valence-electron chi connectivity index (χ4n) is 4.45. The highest BCUT2D eigenvalue weighted by Gasteiger charge is 2.25. The number of allylic oxidation sites excluding steroid dienone is 1. The lowest BCUT2D eigenvalue weighted by Crippen LogP contribution is -2.49. The van der Waals surface area contributed by atoms with E-state index < -0.39 is 10.0 Å². The largest absolute Gasteiger partial charge is 0.496 e. The van der Waals surface area contributed by atoms with Crippen molar-refractivity contribution in [2.75, 3.05) is 39.5 Å². The van der Waals surface area contributed by atoms with E-state index in [2.05, 4.69) is 32.0 Å². The Morgan fingerprint density at radius 2 is 1.76 bits per heavy atom. The van der Waals surface area contributed by atoms with Gasteiger partial charge in [0.1, 0.15) is 11.3 Å². The number of carbonyl (C=O) groups is 1. The van der Waals surface area contributed by atoms with Crippen LogP contribution in [0.5, 0.6) is 5.75 Å². The van der Waals surface area contributed by atoms with Crippen LogP contribution < -0.4 is 4.74 Å². The van der Waals surface area contributed by atoms with Crippen LogP contribution in [0.3, 0.4) is 0 Å². The lowest BCUT2D eigenvalue weighted by molar-refractivity contribution is -0.127. The van der Waals surface area contributed by atoms with Gasteiger partial charge in [-0.3, -0.25) is 4.79 Å². The molecule has 0 N–H and O–H groups in total. The monoisotopic (exact) mass is 482 g/mol. The summed E-state index contributed by atoms with van der Waals surface area (Å²) in [4.78, 5) is 14.6. The first-order valence-corrected chi connectivity index (χ1v) is 13.0. The molecule has 0 bridgehead atoms. The third-order valence-corrected chi connectivity index (χ3v) is 7.66. The average Bonchev–Trinajstić information content (AvgIpc) is 3.20. The number of hydrogen-bond donors (Lipinski definition) is 0. The summed E-state index contributed by atoms with van der Waals surface area (Å²) in [6.45, 7) is 7.38. The summed E-state index contributed by atoms with van der Waals surface area (Å²) in [5, 5.41) is 0.949. The molecule has 7 nitrogen and oxygen atoms in total. The van der Waals surface area contributed by atoms with Crippen LogP contribution in [0.25, 0.3) is 27.7 Å². The molecular formula is C26H30N2O5S. The molecule has 0 unspecified atom stereocenters. The Kier molecular flexibility index (Phi) is 6.55. The van der Waals surface area contributed by atoms with Crippen molar-refractivity contribution in [2.24, 2.45) is 0 Å². The Hall–Kier alpha value is -3.10. The van der Waals surface area contributed by atoms with Crippen LogP contribution in [-0.2, 0) is 14.8 Å². The van der Waals surface area contributed by atoms with E-state index >= 15 is 0 Å². The van der Waals surface area contributed by atoms with Gasteiger partial charge >= 0.3 is 0 Å². The number of sulfonamides is 1. The molecule has 0 radical (unpaired) electrons. The van der Waals surface area contributed by atoms with Gasteiger partial charge in [-0.2, -0.15) is 4.31 Å². The van der Waals surface area contributed by atoms with Crippen LogP contribution in [0.4, 0.5) is 0 Å². The number of carbonyl (C=O) groups excluding carboxylic acids is 1. The van der Waals surface area contributed by atoms with Crippen molar-refractivity contribution >= 4 is 32.5 Å². The van der Waals surface area contributed by atoms with Crippen LogP contribution >= 0.6 is 0 Å². The molecule has 34 heavy (non-hydrogen) atoms. The molecule has 180 valence electrons. The third kappa shape index (κ3) is 4.74. The SMILES string of the molecule is COc1cc2occ(-c3ccc(C)cc3C)c2cc1/C(C)=C/C(=O)N1CCN(S(C)(=O)=O)CC1. The zero-order valence-corrected chi connectivity index (χ0v) is 21.0. The van der Waals surface area contributed by atoms with Crippen molar-refractivity contribution in [2.45, 2.75) is 20.8 Å². The van der Waals surface area contributed by atoms with Crippen molar-refractivity contribution in [3.05, 3.63) is 59.4 Å². The summed E-state index contributed by atoms with van der Waals surface area (Å²) in [6.07, 6.45) is 4.55. The smallest absolute Gasteiger partial charge is 0.246 e. The van der Waals surface area contributed by atoms with E-state index in [0.717, 1.165) is 33.2 Å². The first kappa shape index (κ1) is 24.0. The minimum Gasteiger partial charge on any atom is -0.496 e. The predicted octanol–water partition coefficient (Wildman–Crippen LogP) is 4.23. The highest BCUT2D eigenvalue weighted by Crippen LogP contribution is 2.38. The summed E-state index contributed by atoms with van der Waals surface area (Å²) in [6, 6.07) is 10.2. The number of aryl methyl sites for hydroxylation is 2. The number of piperazine rings is 1. The van der Waals surface area contributed by atoms with E-state index in [0.29, 0.717) is 37.5 Å². The van der Waals surface area contributed by atoms with Gasteiger partial charge in [0, 0.05) is 54.8 Å². The molecule has 1 saturated heterocycles. The summed E-state index contributed by atoms with van der Waals surface area (Å²) in [5.41, 5.74) is 6.75. The van der Waals surface area contributed by atoms with E-state index in [1.807, 2.05) is 19.1 Å². The number of ether oxygens (including phenoxy) is 1. The number of benzene rings is 2. The fraction of sp³-hybridized carbons (Fsp3) is 0.346. The number of methoxy groups -OCH3 is 1. The van der Waals surface area contributed by atoms with Crippen LogP contribution in [0, 0.1) is 13.8 Å². The van der Waals surface area contributed by atoms with Gasteiger partial charge in [-0.25, -0.2) is 8.42 Å². The second kappa shape index (κ2) is 9.27. The number of rotatable bonds is 5. The van der Waals surface area contributed by atoms with Crippen molar-refractivity contribution < 1.29 is 22.4 Å². The first-order valence-electron chi connectivity index (χ1n) is 11.2. The average molecular weight is 483 g/mol. The fourth-order valence-corrected chi connectivity index (χ4v) is 5.28. The Morgan fingerprint density at radius 3 is 2.38 bits per heavy atom. The highest BCUT2D eigenvalue weighted by molar-refractivity contribution is 7.88. The Labute approximate surface area is 200 Å². The van der Waals surface area contributed by atoms with E-state index in [-0.39, 0.29) is 5.91 Å². The number of nitrogens with zero attached hydrogens (tertiary/aromatic N) is 2. The zero-order valence-electron chi connectivity index (χ0n) is 20.2. The second-order valence-corrected chi connectivity index (χ2v) is 10.8. The molecule has 1 amide bonds. The van der Waals surface area contributed by atoms with E-state index in [9.17, 15) is 13.2 Å². The zero-order chi connectivity index (χ0) is 24.6. The first-order chi connectivity index (χ1) is 16.1. The molecular weight excluding hydrogens is 452 g/mol. The molecule has 0 aliphatic carbocycles. The molecule has 2 aromatic carbocycles. The normalized spacial score (nSPS) is 15.7. The van der Waals surface area contributed by atoms with Crippen LogP contribution in [0.15, 0.2) is 47.1 Å². The van der Waals surface area contributed by atoms with Gasteiger partial charge in [-0.05, 0) is 43.5 Å². The predicted molar refractivity (Wildman–Crippen MR) is 134 cm³/mol. The molecule has 1 aliphatic heterocycles. The molecule has 0 atom stereocenters. The van der Waals surface area contributed by atoms with E-state index in [1.54, 1.807) is 24.3 Å². The van der Waals surface area contributed by atoms with Gasteiger partial charge < -0.3 is 14.1 Å². The van der Waals surface area contributed by atoms with Crippen molar-refractivity contribution in [3.8, 4) is 16.9 Å². The quantitative estimate of drug-likeness (QED) is 0.509. The maximum absolute atomic E-state index is 12.9. The highest BCUT2D eigenvalue weighted by atomic mass is 32.2. The van der Waals surface area contributed by atoms with Crippen molar-refractivity contribution in [3.63, 3.8) is 0 Å². The molecule has 1 fully saturated rings. The molecule has 0 spiro atoms. The summed E-state index contributed by atoms with van der Waals surface area (Å²) in [5.74, 6) is 0.479. The number of fused-ring (bicyclic) bond motifs is 1. The lowest BCUT2D eigenvalue weighted by Gasteiger charge is -2.32. The maximum Gasteiger partial charge on any atom is 0.246 e. The van der Waals surface area contributed by atoms with Gasteiger partial charge in [-0.1, -0.05) is 23.8 Å². The van der Waals surface area contributed by atoms with Gasteiger partial charge in [0.05, 0.1) is 19.6 Å². The summed E-state index contributed by atoms with van der Waals surface area (Å²) in [7, 11) is -1.65. The lowest BCUT2D eigenvalue weighted by atomic mass is 9.96. The molecule has 4 rings (SSSR count). The number of furan rings is 1. The number of hydrogen-bond acceptors (Lipinski definition) is 5. The van der Waals surface area contributed by atoms with Crippen molar-refractivity contribution in [1.29, 1.82) is 0 Å². The molecule has 1 aliphatic rings. The topological polar surface area (TPSA) is 80.1 Å². The Morgan fingerprint density at radius 1 is 1.06 bits per heavy atom. The van der Waals surface area contributed by atoms with Gasteiger partial charge in [0.15, 0.2) is 0 Å². The van der Waals surface area contributed by atoms with Gasteiger partial charge in [0.2, 0.25) is 15.9 Å². The van der Waals surface area contributed by atoms with Crippen LogP contribution in [0.2, 0.25) is 0 Å². The Bertz CT molecular complexity index is 1380. The number of amides is 1. The summed E-state index contributed by atoms with van der Waals surface area (Å²) < 4.78 is 36.3. The molecule has 1 aromatic heterocycles. The molecule has 0 saturated carbocycles. The van der Waals surface area contributed by atoms with Crippen LogP contribution in [-0.4, -0.2) is 63.1 Å². The standard InChI is InChI=1S/C26H30N2O5S/c1-17-6-7-20(18(2)12-17)23-16-33-25-15-24(32-4)21(14-22(23)25)19(3)13-26(29)27-8-10-28(11-9-27)34(5,30)31/h6-7,12-16H,8-11H2,1-5H3/b19-13+. The maximum atomic E-state index is 12.9. The molecule has 3 aromatic rings. The van der Waals surface area contributed by atoms with E-state index in [1.165, 1.54) is 16.1 Å². The van der Waals surface area contributed by atoms with E-state index in [4.69, 9.17) is 9.15 Å². The van der Waals surface area contributed by atoms with Crippen molar-refractivity contribution in [1.82, 2.24) is 9.21 Å². The minimum absolute atomic E-state index is 0.144. The minimum atomic E-state index is -3.24.